The van der Waals surface area contributed by atoms with Gasteiger partial charge in [0.1, 0.15) is 17.5 Å². The number of fused-ring (bicyclic) bond motifs is 2. The lowest BCUT2D eigenvalue weighted by Gasteiger charge is -2.39. The van der Waals surface area contributed by atoms with E-state index in [1.165, 1.54) is 0 Å². The number of nitrogens with zero attached hydrogens (tertiary/aromatic N) is 1. The van der Waals surface area contributed by atoms with Crippen molar-refractivity contribution in [1.82, 2.24) is 4.21 Å². The van der Waals surface area contributed by atoms with Gasteiger partial charge in [-0.25, -0.2) is 0 Å². The summed E-state index contributed by atoms with van der Waals surface area (Å²) in [6.45, 7) is 0. The fourth-order valence-electron chi connectivity index (χ4n) is 2.86. The van der Waals surface area contributed by atoms with E-state index in [2.05, 4.69) is 0 Å². The zero-order valence-corrected chi connectivity index (χ0v) is 14.2. The minimum absolute atomic E-state index is 0.0470. The van der Waals surface area contributed by atoms with E-state index >= 15 is 0 Å². The summed E-state index contributed by atoms with van der Waals surface area (Å²) >= 11 is 7.74. The average Bonchev–Trinajstić information content (AvgIpc) is 2.95. The number of benzene rings is 2. The van der Waals surface area contributed by atoms with E-state index in [-0.39, 0.29) is 10.8 Å². The molecule has 7 heteroatoms. The maximum absolute atomic E-state index is 12.2. The van der Waals surface area contributed by atoms with E-state index in [0.29, 0.717) is 15.5 Å². The fraction of sp³-hybridized carbons (Fsp3) is 0.125. The molecule has 23 heavy (non-hydrogen) atoms. The molecule has 2 unspecified atom stereocenters. The van der Waals surface area contributed by atoms with Gasteiger partial charge in [-0.15, -0.1) is 4.21 Å². The van der Waals surface area contributed by atoms with Gasteiger partial charge >= 0.3 is 0 Å². The van der Waals surface area contributed by atoms with E-state index in [1.807, 2.05) is 42.5 Å². The molecule has 1 aliphatic rings. The first-order chi connectivity index (χ1) is 10.9. The van der Waals surface area contributed by atoms with Gasteiger partial charge in [0.15, 0.2) is 0 Å². The van der Waals surface area contributed by atoms with Crippen LogP contribution in [-0.4, -0.2) is 16.1 Å². The third-order valence-corrected chi connectivity index (χ3v) is 6.57. The molecule has 0 bridgehead atoms. The monoisotopic (exact) mass is 365 g/mol. The van der Waals surface area contributed by atoms with Crippen molar-refractivity contribution in [1.29, 1.82) is 0 Å². The van der Waals surface area contributed by atoms with Crippen LogP contribution in [0, 0.1) is 5.21 Å². The molecule has 0 saturated carbocycles. The van der Waals surface area contributed by atoms with Crippen LogP contribution in [0.5, 0.6) is 0 Å². The van der Waals surface area contributed by atoms with Crippen LogP contribution in [-0.2, 0) is 5.60 Å². The molecule has 2 N–H and O–H groups in total. The molecule has 0 radical (unpaired) electrons. The van der Waals surface area contributed by atoms with Crippen molar-refractivity contribution in [2.45, 2.75) is 5.60 Å². The summed E-state index contributed by atoms with van der Waals surface area (Å²) in [5, 5.41) is 35.6. The van der Waals surface area contributed by atoms with Gasteiger partial charge in [0, 0.05) is 0 Å². The van der Waals surface area contributed by atoms with E-state index < -0.39 is 9.82 Å². The van der Waals surface area contributed by atoms with Crippen molar-refractivity contribution in [3.8, 4) is 0 Å². The number of quaternary nitrogens is 1. The van der Waals surface area contributed by atoms with Gasteiger partial charge in [-0.3, -0.25) is 0 Å². The molecule has 0 fully saturated rings. The van der Waals surface area contributed by atoms with Gasteiger partial charge in [-0.1, -0.05) is 59.3 Å². The molecule has 1 aliphatic heterocycles. The van der Waals surface area contributed by atoms with Crippen LogP contribution in [0.1, 0.15) is 11.1 Å². The van der Waals surface area contributed by atoms with Crippen molar-refractivity contribution in [2.24, 2.45) is 0 Å². The SMILES string of the molecule is [O-][N+]1(O)SCC(O)(c2ccc3ccccc3c2)c2cc(Cl)sc21. The number of rotatable bonds is 1. The predicted octanol–water partition coefficient (Wildman–Crippen LogP) is 4.65. The van der Waals surface area contributed by atoms with Gasteiger partial charge in [0.05, 0.1) is 15.7 Å². The standard InChI is InChI=1S/C16H12ClNO3S2/c17-14-8-13-15(23-14)18(20,21)22-9-16(13,19)12-6-5-10-3-1-2-4-11(10)7-12/h1-8,19-20H,9H2. The molecule has 118 valence electrons. The molecule has 4 nitrogen and oxygen atoms in total. The molecular weight excluding hydrogens is 354 g/mol. The molecule has 0 aliphatic carbocycles. The summed E-state index contributed by atoms with van der Waals surface area (Å²) < 4.78 is -1.20. The number of thiophene rings is 1. The number of hydrogen-bond donors (Lipinski definition) is 2. The van der Waals surface area contributed by atoms with Crippen LogP contribution in [0.25, 0.3) is 10.8 Å². The Morgan fingerprint density at radius 3 is 2.65 bits per heavy atom. The summed E-state index contributed by atoms with van der Waals surface area (Å²) in [6, 6.07) is 15.1. The van der Waals surface area contributed by atoms with E-state index in [4.69, 9.17) is 11.6 Å². The Labute approximate surface area is 145 Å². The maximum atomic E-state index is 12.2. The zero-order chi connectivity index (χ0) is 16.2. The van der Waals surface area contributed by atoms with Gasteiger partial charge in [-0.2, -0.15) is 5.21 Å². The Kier molecular flexibility index (Phi) is 3.48. The van der Waals surface area contributed by atoms with E-state index in [1.54, 1.807) is 6.07 Å². The minimum atomic E-state index is -1.57. The average molecular weight is 366 g/mol. The highest BCUT2D eigenvalue weighted by molar-refractivity contribution is 7.99. The first kappa shape index (κ1) is 15.4. The molecule has 2 atom stereocenters. The number of halogens is 1. The normalized spacial score (nSPS) is 27.1. The topological polar surface area (TPSA) is 63.5 Å². The highest BCUT2D eigenvalue weighted by Crippen LogP contribution is 2.53. The van der Waals surface area contributed by atoms with E-state index in [9.17, 15) is 15.5 Å². The fourth-order valence-corrected chi connectivity index (χ4v) is 5.17. The predicted molar refractivity (Wildman–Crippen MR) is 95.7 cm³/mol. The second kappa shape index (κ2) is 5.19. The second-order valence-electron chi connectivity index (χ2n) is 5.49. The van der Waals surface area contributed by atoms with Gasteiger partial charge < -0.3 is 10.3 Å². The largest absolute Gasteiger partial charge is 0.580 e. The highest BCUT2D eigenvalue weighted by Gasteiger charge is 2.48. The van der Waals surface area contributed by atoms with Crippen LogP contribution in [0.3, 0.4) is 0 Å². The molecule has 0 saturated heterocycles. The summed E-state index contributed by atoms with van der Waals surface area (Å²) in [6.07, 6.45) is 0. The lowest BCUT2D eigenvalue weighted by atomic mass is 9.88. The Morgan fingerprint density at radius 2 is 1.87 bits per heavy atom. The smallest absolute Gasteiger partial charge is 0.241 e. The van der Waals surface area contributed by atoms with Crippen molar-refractivity contribution in [3.63, 3.8) is 0 Å². The first-order valence-electron chi connectivity index (χ1n) is 6.89. The highest BCUT2D eigenvalue weighted by atomic mass is 35.5. The molecule has 3 aromatic rings. The number of hydrogen-bond acceptors (Lipinski definition) is 5. The maximum Gasteiger partial charge on any atom is 0.241 e. The molecule has 2 aromatic carbocycles. The van der Waals surface area contributed by atoms with Crippen molar-refractivity contribution < 1.29 is 10.3 Å². The summed E-state index contributed by atoms with van der Waals surface area (Å²) in [4.78, 5) is 0. The molecule has 0 spiro atoms. The third-order valence-electron chi connectivity index (χ3n) is 4.06. The Hall–Kier alpha value is -1.12. The van der Waals surface area contributed by atoms with Crippen LogP contribution in [0.2, 0.25) is 4.34 Å². The van der Waals surface area contributed by atoms with Crippen LogP contribution in [0.15, 0.2) is 48.5 Å². The second-order valence-corrected chi connectivity index (χ2v) is 8.19. The summed E-state index contributed by atoms with van der Waals surface area (Å²) in [7, 11) is 0. The van der Waals surface area contributed by atoms with Gasteiger partial charge in [-0.05, 0) is 28.5 Å². The van der Waals surface area contributed by atoms with Crippen LogP contribution >= 0.6 is 34.9 Å². The molecular formula is C16H12ClNO3S2. The lowest BCUT2D eigenvalue weighted by Crippen LogP contribution is -2.43. The third kappa shape index (κ3) is 2.38. The Morgan fingerprint density at radius 1 is 1.13 bits per heavy atom. The summed E-state index contributed by atoms with van der Waals surface area (Å²) in [5.41, 5.74) is -0.305. The van der Waals surface area contributed by atoms with Crippen molar-refractivity contribution in [3.05, 3.63) is 69.2 Å². The van der Waals surface area contributed by atoms with Gasteiger partial charge in [0.2, 0.25) is 5.00 Å². The minimum Gasteiger partial charge on any atom is -0.580 e. The molecule has 1 aromatic heterocycles. The molecule has 0 amide bonds. The Balaban J connectivity index is 1.92. The van der Waals surface area contributed by atoms with Crippen LogP contribution in [0.4, 0.5) is 5.00 Å². The van der Waals surface area contributed by atoms with Gasteiger partial charge in [0.25, 0.3) is 0 Å². The Bertz CT molecular complexity index is 911. The number of aliphatic hydroxyl groups is 1. The van der Waals surface area contributed by atoms with Crippen molar-refractivity contribution >= 4 is 50.7 Å². The summed E-state index contributed by atoms with van der Waals surface area (Å²) in [5.74, 6) is 0.0470. The quantitative estimate of drug-likeness (QED) is 0.374. The first-order valence-corrected chi connectivity index (χ1v) is 9.03. The van der Waals surface area contributed by atoms with Crippen LogP contribution < -0.4 is 4.21 Å². The lowest BCUT2D eigenvalue weighted by molar-refractivity contribution is 0.0522. The van der Waals surface area contributed by atoms with Crippen molar-refractivity contribution in [2.75, 3.05) is 5.75 Å². The van der Waals surface area contributed by atoms with E-state index in [0.717, 1.165) is 34.1 Å². The molecule has 2 heterocycles. The molecule has 4 rings (SSSR count). The zero-order valence-electron chi connectivity index (χ0n) is 11.8.